The van der Waals surface area contributed by atoms with E-state index < -0.39 is 5.97 Å². The predicted octanol–water partition coefficient (Wildman–Crippen LogP) is 3.14. The first-order valence-electron chi connectivity index (χ1n) is 6.09. The number of carboxylic acids is 1. The van der Waals surface area contributed by atoms with Gasteiger partial charge in [0.2, 0.25) is 0 Å². The number of rotatable bonds is 3. The highest BCUT2D eigenvalue weighted by molar-refractivity contribution is 5.94. The van der Waals surface area contributed by atoms with Crippen molar-refractivity contribution in [3.05, 3.63) is 60.0 Å². The second kappa shape index (κ2) is 4.70. The summed E-state index contributed by atoms with van der Waals surface area (Å²) in [6, 6.07) is 11.1. The number of benzene rings is 1. The summed E-state index contributed by atoms with van der Waals surface area (Å²) in [5.74, 6) is -0.594. The summed E-state index contributed by atoms with van der Waals surface area (Å²) in [6.07, 6.45) is 2.98. The summed E-state index contributed by atoms with van der Waals surface area (Å²) < 4.78 is 6.78. The number of nitrogens with zero attached hydrogens (tertiary/aromatic N) is 2. The molecule has 5 nitrogen and oxygen atoms in total. The maximum absolute atomic E-state index is 11.3. The molecule has 0 saturated heterocycles. The number of aryl methyl sites for hydroxylation is 1. The Morgan fingerprint density at radius 3 is 2.60 bits per heavy atom. The molecular weight excluding hydrogens is 256 g/mol. The zero-order chi connectivity index (χ0) is 14.1. The third-order valence-electron chi connectivity index (χ3n) is 3.00. The third-order valence-corrected chi connectivity index (χ3v) is 3.00. The molecule has 100 valence electrons. The second-order valence-corrected chi connectivity index (χ2v) is 4.45. The highest BCUT2D eigenvalue weighted by Gasteiger charge is 2.19. The summed E-state index contributed by atoms with van der Waals surface area (Å²) in [4.78, 5) is 11.3. The van der Waals surface area contributed by atoms with Crippen LogP contribution < -0.4 is 0 Å². The Labute approximate surface area is 115 Å². The molecule has 0 radical (unpaired) electrons. The van der Waals surface area contributed by atoms with Gasteiger partial charge in [-0.15, -0.1) is 0 Å². The molecular formula is C15H12N2O3. The van der Waals surface area contributed by atoms with E-state index >= 15 is 0 Å². The molecule has 0 bridgehead atoms. The van der Waals surface area contributed by atoms with Gasteiger partial charge in [-0.25, -0.2) is 9.48 Å². The molecule has 0 atom stereocenters. The van der Waals surface area contributed by atoms with Gasteiger partial charge in [-0.2, -0.15) is 5.10 Å². The summed E-state index contributed by atoms with van der Waals surface area (Å²) in [7, 11) is 0. The number of hydrogen-bond acceptors (Lipinski definition) is 3. The van der Waals surface area contributed by atoms with E-state index in [2.05, 4.69) is 5.10 Å². The van der Waals surface area contributed by atoms with E-state index in [-0.39, 0.29) is 5.56 Å². The maximum Gasteiger partial charge on any atom is 0.339 e. The van der Waals surface area contributed by atoms with Crippen LogP contribution in [0.2, 0.25) is 0 Å². The van der Waals surface area contributed by atoms with E-state index in [9.17, 15) is 9.90 Å². The molecule has 20 heavy (non-hydrogen) atoms. The van der Waals surface area contributed by atoms with Crippen LogP contribution in [0.15, 0.2) is 53.3 Å². The van der Waals surface area contributed by atoms with Gasteiger partial charge >= 0.3 is 5.97 Å². The highest BCUT2D eigenvalue weighted by atomic mass is 16.4. The van der Waals surface area contributed by atoms with Crippen molar-refractivity contribution in [2.75, 3.05) is 0 Å². The molecule has 3 rings (SSSR count). The monoisotopic (exact) mass is 268 g/mol. The van der Waals surface area contributed by atoms with Crippen LogP contribution in [0.3, 0.4) is 0 Å². The fourth-order valence-corrected chi connectivity index (χ4v) is 1.96. The Hall–Kier alpha value is -2.82. The predicted molar refractivity (Wildman–Crippen MR) is 73.0 cm³/mol. The minimum Gasteiger partial charge on any atom is -0.478 e. The molecule has 1 aromatic carbocycles. The lowest BCUT2D eigenvalue weighted by molar-refractivity contribution is 0.0697. The first-order chi connectivity index (χ1) is 9.65. The molecule has 3 aromatic rings. The molecule has 0 fully saturated rings. The Kier molecular flexibility index (Phi) is 2.87. The van der Waals surface area contributed by atoms with Crippen molar-refractivity contribution in [1.29, 1.82) is 0 Å². The van der Waals surface area contributed by atoms with Crippen LogP contribution in [0, 0.1) is 6.92 Å². The molecule has 5 heteroatoms. The Morgan fingerprint density at radius 1 is 1.25 bits per heavy atom. The summed E-state index contributed by atoms with van der Waals surface area (Å²) in [5, 5.41) is 13.6. The van der Waals surface area contributed by atoms with Crippen molar-refractivity contribution < 1.29 is 14.3 Å². The topological polar surface area (TPSA) is 68.3 Å². The van der Waals surface area contributed by atoms with Crippen molar-refractivity contribution >= 4 is 5.97 Å². The van der Waals surface area contributed by atoms with E-state index in [1.165, 1.54) is 12.5 Å². The largest absolute Gasteiger partial charge is 0.478 e. The maximum atomic E-state index is 11.3. The van der Waals surface area contributed by atoms with Gasteiger partial charge in [-0.3, -0.25) is 0 Å². The first kappa shape index (κ1) is 12.2. The lowest BCUT2D eigenvalue weighted by Crippen LogP contribution is -1.96. The smallest absolute Gasteiger partial charge is 0.339 e. The van der Waals surface area contributed by atoms with Gasteiger partial charge in [0.15, 0.2) is 5.76 Å². The van der Waals surface area contributed by atoms with E-state index in [1.54, 1.807) is 16.8 Å². The number of carbonyl (C=O) groups is 1. The molecule has 0 aliphatic carbocycles. The van der Waals surface area contributed by atoms with E-state index in [0.717, 1.165) is 11.3 Å². The fourth-order valence-electron chi connectivity index (χ4n) is 1.96. The summed E-state index contributed by atoms with van der Waals surface area (Å²) >= 11 is 0. The average molecular weight is 268 g/mol. The van der Waals surface area contributed by atoms with Gasteiger partial charge in [0.1, 0.15) is 11.3 Å². The number of furan rings is 1. The quantitative estimate of drug-likeness (QED) is 0.792. The number of hydrogen-bond donors (Lipinski definition) is 1. The fraction of sp³-hybridized carbons (Fsp3) is 0.0667. The van der Waals surface area contributed by atoms with Gasteiger partial charge in [0.25, 0.3) is 0 Å². The van der Waals surface area contributed by atoms with Crippen LogP contribution in [0.5, 0.6) is 0 Å². The molecule has 2 heterocycles. The Balaban J connectivity index is 2.12. The normalized spacial score (nSPS) is 10.7. The van der Waals surface area contributed by atoms with Crippen molar-refractivity contribution in [2.24, 2.45) is 0 Å². The Morgan fingerprint density at radius 2 is 2.00 bits per heavy atom. The molecule has 0 saturated carbocycles. The van der Waals surface area contributed by atoms with Gasteiger partial charge in [0, 0.05) is 6.20 Å². The van der Waals surface area contributed by atoms with Crippen molar-refractivity contribution in [3.8, 4) is 17.1 Å². The minimum absolute atomic E-state index is 0.112. The molecule has 0 aliphatic heterocycles. The second-order valence-electron chi connectivity index (χ2n) is 4.45. The number of carboxylic acid groups (broad SMARTS) is 1. The molecule has 2 aromatic heterocycles. The zero-order valence-corrected chi connectivity index (χ0v) is 10.8. The van der Waals surface area contributed by atoms with Crippen LogP contribution in [-0.2, 0) is 0 Å². The molecule has 0 aliphatic rings. The third kappa shape index (κ3) is 2.09. The highest BCUT2D eigenvalue weighted by Crippen LogP contribution is 2.24. The number of aromatic nitrogens is 2. The van der Waals surface area contributed by atoms with Gasteiger partial charge in [-0.05, 0) is 31.2 Å². The van der Waals surface area contributed by atoms with Crippen LogP contribution in [0.4, 0.5) is 0 Å². The van der Waals surface area contributed by atoms with Crippen molar-refractivity contribution in [2.45, 2.75) is 6.92 Å². The average Bonchev–Trinajstić information content (AvgIpc) is 3.08. The van der Waals surface area contributed by atoms with Gasteiger partial charge in [-0.1, -0.05) is 17.7 Å². The summed E-state index contributed by atoms with van der Waals surface area (Å²) in [5.41, 5.74) is 2.37. The molecule has 0 amide bonds. The minimum atomic E-state index is -1.03. The lowest BCUT2D eigenvalue weighted by Gasteiger charge is -2.00. The SMILES string of the molecule is Cc1ccc(-n2cc(C(=O)O)c(-c3ccco3)n2)cc1. The van der Waals surface area contributed by atoms with E-state index in [0.29, 0.717) is 11.5 Å². The van der Waals surface area contributed by atoms with Crippen LogP contribution in [0.25, 0.3) is 17.1 Å². The van der Waals surface area contributed by atoms with Crippen molar-refractivity contribution in [3.63, 3.8) is 0 Å². The van der Waals surface area contributed by atoms with Gasteiger partial charge < -0.3 is 9.52 Å². The Bertz CT molecular complexity index is 740. The van der Waals surface area contributed by atoms with Gasteiger partial charge in [0.05, 0.1) is 12.0 Å². The molecule has 0 spiro atoms. The van der Waals surface area contributed by atoms with Crippen LogP contribution >= 0.6 is 0 Å². The molecule has 0 unspecified atom stereocenters. The zero-order valence-electron chi connectivity index (χ0n) is 10.8. The van der Waals surface area contributed by atoms with E-state index in [4.69, 9.17) is 4.42 Å². The van der Waals surface area contributed by atoms with Crippen molar-refractivity contribution in [1.82, 2.24) is 9.78 Å². The van der Waals surface area contributed by atoms with Crippen LogP contribution in [-0.4, -0.2) is 20.9 Å². The lowest BCUT2D eigenvalue weighted by atomic mass is 10.2. The first-order valence-corrected chi connectivity index (χ1v) is 6.09. The molecule has 1 N–H and O–H groups in total. The number of aromatic carboxylic acids is 1. The standard InChI is InChI=1S/C15H12N2O3/c1-10-4-6-11(7-5-10)17-9-12(15(18)19)14(16-17)13-3-2-8-20-13/h2-9H,1H3,(H,18,19). The van der Waals surface area contributed by atoms with E-state index in [1.807, 2.05) is 31.2 Å². The summed E-state index contributed by atoms with van der Waals surface area (Å²) in [6.45, 7) is 1.99. The van der Waals surface area contributed by atoms with Crippen LogP contribution in [0.1, 0.15) is 15.9 Å².